The van der Waals surface area contributed by atoms with Crippen molar-refractivity contribution in [3.8, 4) is 6.07 Å². The van der Waals surface area contributed by atoms with E-state index in [2.05, 4.69) is 6.92 Å². The Morgan fingerprint density at radius 2 is 1.82 bits per heavy atom. The molecule has 1 nitrogen and oxygen atoms in total. The molecule has 0 saturated carbocycles. The molecular formula is C8H7BrNZn-. The third kappa shape index (κ3) is 3.55. The topological polar surface area (TPSA) is 23.8 Å². The molecule has 0 aliphatic rings. The molecule has 0 saturated heterocycles. The summed E-state index contributed by atoms with van der Waals surface area (Å²) in [5.41, 5.74) is 1.44. The average molecular weight is 262 g/mol. The van der Waals surface area contributed by atoms with Crippen molar-refractivity contribution in [2.45, 2.75) is 0 Å². The summed E-state index contributed by atoms with van der Waals surface area (Å²) in [5.74, 6) is 0. The molecule has 0 radical (unpaired) electrons. The van der Waals surface area contributed by atoms with Gasteiger partial charge in [-0.25, -0.2) is 5.26 Å². The first-order valence-corrected chi connectivity index (χ1v) is 2.65. The van der Waals surface area contributed by atoms with Crippen LogP contribution in [0.1, 0.15) is 11.1 Å². The van der Waals surface area contributed by atoms with Crippen molar-refractivity contribution >= 4 is 17.0 Å². The van der Waals surface area contributed by atoms with Gasteiger partial charge < -0.3 is 0 Å². The molecule has 1 rings (SSSR count). The van der Waals surface area contributed by atoms with E-state index < -0.39 is 0 Å². The maximum absolute atomic E-state index is 8.43. The van der Waals surface area contributed by atoms with E-state index in [1.807, 2.05) is 24.3 Å². The molecule has 11 heavy (non-hydrogen) atoms. The zero-order chi connectivity index (χ0) is 6.69. The van der Waals surface area contributed by atoms with Crippen LogP contribution in [-0.2, 0) is 19.5 Å². The fourth-order valence-electron chi connectivity index (χ4n) is 0.629. The van der Waals surface area contributed by atoms with Crippen molar-refractivity contribution < 1.29 is 19.5 Å². The molecule has 0 bridgehead atoms. The second-order valence-electron chi connectivity index (χ2n) is 1.77. The van der Waals surface area contributed by atoms with Crippen molar-refractivity contribution in [3.63, 3.8) is 0 Å². The Kier molecular flexibility index (Phi) is 7.73. The standard InChI is InChI=1S/C8H6N.BrH.Zn/c1-7-4-2-3-5-8(7)6-9;;/h2-5H,1H2;1H;/q-1;;. The second-order valence-corrected chi connectivity index (χ2v) is 1.77. The molecule has 0 atom stereocenters. The fourth-order valence-corrected chi connectivity index (χ4v) is 0.629. The van der Waals surface area contributed by atoms with Crippen LogP contribution in [0.25, 0.3) is 0 Å². The van der Waals surface area contributed by atoms with Gasteiger partial charge in [-0.05, 0) is 0 Å². The van der Waals surface area contributed by atoms with Gasteiger partial charge in [-0.15, -0.1) is 29.1 Å². The largest absolute Gasteiger partial charge is 0.208 e. The normalized spacial score (nSPS) is 6.82. The van der Waals surface area contributed by atoms with Gasteiger partial charge in [-0.2, -0.15) is 18.6 Å². The Morgan fingerprint density at radius 3 is 2.18 bits per heavy atom. The smallest absolute Gasteiger partial charge is 0.0313 e. The molecule has 0 aromatic heterocycles. The first-order chi connectivity index (χ1) is 4.34. The van der Waals surface area contributed by atoms with Crippen LogP contribution in [0.4, 0.5) is 0 Å². The molecule has 0 unspecified atom stereocenters. The quantitative estimate of drug-likeness (QED) is 0.520. The summed E-state index contributed by atoms with van der Waals surface area (Å²) in [4.78, 5) is 0. The van der Waals surface area contributed by atoms with E-state index >= 15 is 0 Å². The fraction of sp³-hybridized carbons (Fsp3) is 0. The van der Waals surface area contributed by atoms with E-state index in [1.54, 1.807) is 6.07 Å². The van der Waals surface area contributed by atoms with Crippen LogP contribution in [-0.4, -0.2) is 0 Å². The minimum atomic E-state index is 0. The van der Waals surface area contributed by atoms with Crippen molar-refractivity contribution in [1.29, 1.82) is 5.26 Å². The minimum Gasteiger partial charge on any atom is -0.208 e. The summed E-state index contributed by atoms with van der Waals surface area (Å²) in [6, 6.07) is 9.29. The number of hydrogen-bond donors (Lipinski definition) is 0. The number of nitrogens with zero attached hydrogens (tertiary/aromatic N) is 1. The van der Waals surface area contributed by atoms with E-state index in [1.165, 1.54) is 0 Å². The van der Waals surface area contributed by atoms with E-state index in [-0.39, 0.29) is 36.5 Å². The molecule has 0 fully saturated rings. The van der Waals surface area contributed by atoms with Gasteiger partial charge in [0.2, 0.25) is 0 Å². The molecule has 3 heteroatoms. The molecular weight excluding hydrogens is 255 g/mol. The SMILES string of the molecule is Br.[CH2-]c1ccccc1C#N.[Zn]. The van der Waals surface area contributed by atoms with Gasteiger partial charge in [-0.3, -0.25) is 0 Å². The molecule has 0 aliphatic carbocycles. The van der Waals surface area contributed by atoms with Crippen LogP contribution in [0.3, 0.4) is 0 Å². The first kappa shape index (κ1) is 13.3. The minimum absolute atomic E-state index is 0. The summed E-state index contributed by atoms with van der Waals surface area (Å²) < 4.78 is 0. The maximum atomic E-state index is 8.43. The van der Waals surface area contributed by atoms with Gasteiger partial charge in [0.05, 0.1) is 0 Å². The molecule has 0 amide bonds. The van der Waals surface area contributed by atoms with Gasteiger partial charge in [0, 0.05) is 25.5 Å². The van der Waals surface area contributed by atoms with Gasteiger partial charge >= 0.3 is 0 Å². The van der Waals surface area contributed by atoms with E-state index in [9.17, 15) is 0 Å². The zero-order valence-electron chi connectivity index (χ0n) is 6.08. The molecule has 0 aliphatic heterocycles. The van der Waals surface area contributed by atoms with Crippen LogP contribution in [0.2, 0.25) is 0 Å². The van der Waals surface area contributed by atoms with Crippen molar-refractivity contribution in [1.82, 2.24) is 0 Å². The summed E-state index contributed by atoms with van der Waals surface area (Å²) in [5, 5.41) is 8.43. The van der Waals surface area contributed by atoms with Crippen LogP contribution in [0, 0.1) is 18.3 Å². The Labute approximate surface area is 89.9 Å². The van der Waals surface area contributed by atoms with Crippen molar-refractivity contribution in [2.75, 3.05) is 0 Å². The summed E-state index contributed by atoms with van der Waals surface area (Å²) >= 11 is 0. The number of rotatable bonds is 0. The van der Waals surface area contributed by atoms with Crippen LogP contribution in [0.5, 0.6) is 0 Å². The number of hydrogen-bond acceptors (Lipinski definition) is 1. The predicted molar refractivity (Wildman–Crippen MR) is 45.9 cm³/mol. The third-order valence-electron chi connectivity index (χ3n) is 1.14. The van der Waals surface area contributed by atoms with Crippen molar-refractivity contribution in [3.05, 3.63) is 42.3 Å². The zero-order valence-corrected chi connectivity index (χ0v) is 10.8. The summed E-state index contributed by atoms with van der Waals surface area (Å²) in [6.45, 7) is 3.67. The molecule has 0 heterocycles. The molecule has 0 N–H and O–H groups in total. The monoisotopic (exact) mass is 260 g/mol. The summed E-state index contributed by atoms with van der Waals surface area (Å²) in [7, 11) is 0. The van der Waals surface area contributed by atoms with Gasteiger partial charge in [-0.1, -0.05) is 11.6 Å². The maximum Gasteiger partial charge on any atom is 0.0313 e. The van der Waals surface area contributed by atoms with Crippen LogP contribution in [0.15, 0.2) is 24.3 Å². The Balaban J connectivity index is 0. The van der Waals surface area contributed by atoms with Crippen LogP contribution < -0.4 is 0 Å². The Morgan fingerprint density at radius 1 is 1.27 bits per heavy atom. The van der Waals surface area contributed by atoms with E-state index in [4.69, 9.17) is 5.26 Å². The summed E-state index contributed by atoms with van der Waals surface area (Å²) in [6.07, 6.45) is 0. The van der Waals surface area contributed by atoms with Crippen molar-refractivity contribution in [2.24, 2.45) is 0 Å². The number of benzene rings is 1. The Hall–Kier alpha value is -0.317. The van der Waals surface area contributed by atoms with E-state index in [0.717, 1.165) is 5.56 Å². The second kappa shape index (κ2) is 6.40. The predicted octanol–water partition coefficient (Wildman–Crippen LogP) is 2.32. The number of halogens is 1. The molecule has 54 valence electrons. The third-order valence-corrected chi connectivity index (χ3v) is 1.14. The van der Waals surface area contributed by atoms with Gasteiger partial charge in [0.25, 0.3) is 0 Å². The molecule has 0 spiro atoms. The van der Waals surface area contributed by atoms with E-state index in [0.29, 0.717) is 5.56 Å². The average Bonchev–Trinajstić information content (AvgIpc) is 1.89. The number of nitriles is 1. The first-order valence-electron chi connectivity index (χ1n) is 2.65. The van der Waals surface area contributed by atoms with Crippen LogP contribution >= 0.6 is 17.0 Å². The van der Waals surface area contributed by atoms with Gasteiger partial charge in [0.15, 0.2) is 0 Å². The Bertz CT molecular complexity index is 255. The molecule has 1 aromatic carbocycles. The van der Waals surface area contributed by atoms with Gasteiger partial charge in [0.1, 0.15) is 0 Å². The molecule has 1 aromatic rings.